The van der Waals surface area contributed by atoms with Gasteiger partial charge in [-0.3, -0.25) is 24.0 Å². The van der Waals surface area contributed by atoms with Crippen molar-refractivity contribution >= 4 is 29.1 Å². The van der Waals surface area contributed by atoms with Gasteiger partial charge in [0.2, 0.25) is 11.7 Å². The SMILES string of the molecule is NC(=O)[C@H](NC(=O)c1cc(C(=O)NCc2ccc3c(c2)CN(c2c(N)c(=O)c2=O)CC3)ncn1)c1ccc(-c2nn[nH]n2)cc1. The molecule has 2 aromatic heterocycles. The van der Waals surface area contributed by atoms with Crippen LogP contribution in [0.5, 0.6) is 0 Å². The molecule has 0 spiro atoms. The number of H-pyrrole nitrogens is 1. The number of nitrogen functional groups attached to an aromatic ring is 1. The van der Waals surface area contributed by atoms with E-state index < -0.39 is 34.6 Å². The molecule has 3 heterocycles. The van der Waals surface area contributed by atoms with Gasteiger partial charge in [-0.25, -0.2) is 9.97 Å². The van der Waals surface area contributed by atoms with Gasteiger partial charge >= 0.3 is 0 Å². The number of carbonyl (C=O) groups is 3. The zero-order chi connectivity index (χ0) is 31.7. The van der Waals surface area contributed by atoms with E-state index in [1.54, 1.807) is 29.2 Å². The first-order chi connectivity index (χ1) is 21.7. The van der Waals surface area contributed by atoms with E-state index in [2.05, 4.69) is 41.2 Å². The van der Waals surface area contributed by atoms with Crippen molar-refractivity contribution in [2.24, 2.45) is 5.73 Å². The van der Waals surface area contributed by atoms with Crippen molar-refractivity contribution in [3.63, 3.8) is 0 Å². The summed E-state index contributed by atoms with van der Waals surface area (Å²) in [7, 11) is 0. The fourth-order valence-electron chi connectivity index (χ4n) is 5.13. The van der Waals surface area contributed by atoms with Gasteiger partial charge in [0.25, 0.3) is 22.7 Å². The quantitative estimate of drug-likeness (QED) is 0.130. The molecule has 7 N–H and O–H groups in total. The number of aromatic nitrogens is 6. The van der Waals surface area contributed by atoms with Gasteiger partial charge in [0, 0.05) is 31.3 Å². The molecule has 45 heavy (non-hydrogen) atoms. The van der Waals surface area contributed by atoms with Crippen molar-refractivity contribution in [3.8, 4) is 11.4 Å². The lowest BCUT2D eigenvalue weighted by Crippen LogP contribution is -2.44. The van der Waals surface area contributed by atoms with E-state index in [-0.39, 0.29) is 29.3 Å². The number of hydrogen-bond donors (Lipinski definition) is 5. The number of aromatic amines is 1. The Labute approximate surface area is 253 Å². The molecule has 0 unspecified atom stereocenters. The van der Waals surface area contributed by atoms with Crippen LogP contribution in [0.2, 0.25) is 0 Å². The first-order valence-corrected chi connectivity index (χ1v) is 13.7. The molecular formula is C29H25N11O5. The van der Waals surface area contributed by atoms with Gasteiger partial charge < -0.3 is 27.0 Å². The maximum atomic E-state index is 13.0. The van der Waals surface area contributed by atoms with Gasteiger partial charge in [0.05, 0.1) is 0 Å². The molecule has 5 aromatic rings. The van der Waals surface area contributed by atoms with Crippen LogP contribution in [0.3, 0.4) is 0 Å². The molecule has 0 aliphatic carbocycles. The van der Waals surface area contributed by atoms with Gasteiger partial charge in [-0.2, -0.15) is 5.21 Å². The van der Waals surface area contributed by atoms with E-state index >= 15 is 0 Å². The van der Waals surface area contributed by atoms with Crippen molar-refractivity contribution in [2.75, 3.05) is 17.2 Å². The highest BCUT2D eigenvalue weighted by Crippen LogP contribution is 2.26. The predicted octanol–water partition coefficient (Wildman–Crippen LogP) is -0.716. The molecule has 0 saturated carbocycles. The summed E-state index contributed by atoms with van der Waals surface area (Å²) in [5.74, 6) is -1.73. The molecule has 16 nitrogen and oxygen atoms in total. The molecule has 3 aromatic carbocycles. The number of tetrazole rings is 1. The number of benzene rings is 2. The zero-order valence-corrected chi connectivity index (χ0v) is 23.5. The molecule has 6 rings (SSSR count). The number of carbonyl (C=O) groups excluding carboxylic acids is 3. The van der Waals surface area contributed by atoms with Gasteiger partial charge in [-0.1, -0.05) is 42.5 Å². The van der Waals surface area contributed by atoms with Crippen LogP contribution in [0.1, 0.15) is 49.3 Å². The normalized spacial score (nSPS) is 13.2. The van der Waals surface area contributed by atoms with Crippen LogP contribution < -0.4 is 37.9 Å². The van der Waals surface area contributed by atoms with Gasteiger partial charge in [0.1, 0.15) is 35.1 Å². The molecule has 1 atom stereocenters. The summed E-state index contributed by atoms with van der Waals surface area (Å²) in [6.45, 7) is 1.13. The molecule has 1 aliphatic heterocycles. The molecule has 0 saturated heterocycles. The lowest BCUT2D eigenvalue weighted by Gasteiger charge is -2.32. The Morgan fingerprint density at radius 3 is 2.40 bits per heavy atom. The van der Waals surface area contributed by atoms with Crippen LogP contribution >= 0.6 is 0 Å². The minimum absolute atomic E-state index is 0.00879. The van der Waals surface area contributed by atoms with Crippen LogP contribution in [-0.2, 0) is 24.3 Å². The third-order valence-corrected chi connectivity index (χ3v) is 7.51. The fourth-order valence-corrected chi connectivity index (χ4v) is 5.13. The summed E-state index contributed by atoms with van der Waals surface area (Å²) in [4.78, 5) is 71.4. The predicted molar refractivity (Wildman–Crippen MR) is 159 cm³/mol. The van der Waals surface area contributed by atoms with E-state index in [1.165, 1.54) is 6.07 Å². The molecule has 3 amide bonds. The highest BCUT2D eigenvalue weighted by Gasteiger charge is 2.27. The van der Waals surface area contributed by atoms with E-state index in [1.807, 2.05) is 18.2 Å². The highest BCUT2D eigenvalue weighted by molar-refractivity contribution is 5.99. The van der Waals surface area contributed by atoms with E-state index in [0.29, 0.717) is 36.5 Å². The van der Waals surface area contributed by atoms with Crippen molar-refractivity contribution < 1.29 is 14.4 Å². The second kappa shape index (κ2) is 11.8. The highest BCUT2D eigenvalue weighted by atomic mass is 16.2. The van der Waals surface area contributed by atoms with Crippen molar-refractivity contribution in [1.82, 2.24) is 41.2 Å². The Hall–Kier alpha value is -6.32. The van der Waals surface area contributed by atoms with Crippen LogP contribution in [0.15, 0.2) is 64.4 Å². The Morgan fingerprint density at radius 2 is 1.71 bits per heavy atom. The van der Waals surface area contributed by atoms with Crippen LogP contribution in [-0.4, -0.2) is 54.9 Å². The summed E-state index contributed by atoms with van der Waals surface area (Å²) < 4.78 is 0. The van der Waals surface area contributed by atoms with E-state index in [9.17, 15) is 24.0 Å². The van der Waals surface area contributed by atoms with Crippen LogP contribution in [0.4, 0.5) is 11.4 Å². The Balaban J connectivity index is 1.10. The standard InChI is InChI=1S/C29H25N11O5/c30-21-23(25(42)24(21)41)40-8-7-15-2-1-14(9-18(15)12-40)11-32-28(44)19-10-20(34-13-33-19)29(45)35-22(26(31)43)16-3-5-17(6-4-16)27-36-38-39-37-27/h1-6,9-10,13,22H,7-8,11-12,30H2,(H2,31,43)(H,32,44)(H,35,45)(H,36,37,38,39)/t22-/m1/s1. The van der Waals surface area contributed by atoms with Gasteiger partial charge in [0.15, 0.2) is 0 Å². The largest absolute Gasteiger partial charge is 0.394 e. The molecular weight excluding hydrogens is 582 g/mol. The zero-order valence-electron chi connectivity index (χ0n) is 23.5. The molecule has 0 fully saturated rings. The van der Waals surface area contributed by atoms with Crippen LogP contribution in [0, 0.1) is 0 Å². The molecule has 0 radical (unpaired) electrons. The molecule has 1 aliphatic rings. The Morgan fingerprint density at radius 1 is 0.956 bits per heavy atom. The lowest BCUT2D eigenvalue weighted by molar-refractivity contribution is -0.120. The number of nitrogens with one attached hydrogen (secondary N) is 3. The Bertz CT molecular complexity index is 2000. The Kier molecular flexibility index (Phi) is 7.52. The van der Waals surface area contributed by atoms with Crippen molar-refractivity contribution in [2.45, 2.75) is 25.6 Å². The number of nitrogens with zero attached hydrogens (tertiary/aromatic N) is 6. The maximum Gasteiger partial charge on any atom is 0.270 e. The number of nitrogens with two attached hydrogens (primary N) is 2. The number of fused-ring (bicyclic) bond motifs is 1. The third kappa shape index (κ3) is 5.71. The maximum absolute atomic E-state index is 13.0. The number of amides is 3. The average Bonchev–Trinajstić information content (AvgIpc) is 3.61. The summed E-state index contributed by atoms with van der Waals surface area (Å²) in [6.07, 6.45) is 1.75. The summed E-state index contributed by atoms with van der Waals surface area (Å²) >= 11 is 0. The average molecular weight is 608 g/mol. The minimum Gasteiger partial charge on any atom is -0.394 e. The first kappa shape index (κ1) is 28.8. The number of primary amides is 1. The van der Waals surface area contributed by atoms with Crippen molar-refractivity contribution in [3.05, 3.63) is 109 Å². The van der Waals surface area contributed by atoms with Crippen LogP contribution in [0.25, 0.3) is 11.4 Å². The lowest BCUT2D eigenvalue weighted by atomic mass is 9.96. The fraction of sp³-hybridized carbons (Fsp3) is 0.172. The first-order valence-electron chi connectivity index (χ1n) is 13.7. The van der Waals surface area contributed by atoms with Gasteiger partial charge in [-0.15, -0.1) is 10.2 Å². The molecule has 226 valence electrons. The third-order valence-electron chi connectivity index (χ3n) is 7.51. The smallest absolute Gasteiger partial charge is 0.270 e. The minimum atomic E-state index is -1.18. The monoisotopic (exact) mass is 607 g/mol. The summed E-state index contributed by atoms with van der Waals surface area (Å²) in [5.41, 5.74) is 14.0. The topological polar surface area (TPSA) is 245 Å². The number of hydrogen-bond acceptors (Lipinski definition) is 12. The second-order valence-corrected chi connectivity index (χ2v) is 10.3. The van der Waals surface area contributed by atoms with Crippen molar-refractivity contribution in [1.29, 1.82) is 0 Å². The second-order valence-electron chi connectivity index (χ2n) is 10.3. The van der Waals surface area contributed by atoms with E-state index in [4.69, 9.17) is 11.5 Å². The number of anilines is 2. The molecule has 16 heteroatoms. The van der Waals surface area contributed by atoms with Gasteiger partial charge in [-0.05, 0) is 33.9 Å². The molecule has 0 bridgehead atoms. The summed E-state index contributed by atoms with van der Waals surface area (Å²) in [5, 5.41) is 19.0. The summed E-state index contributed by atoms with van der Waals surface area (Å²) in [6, 6.07) is 12.3. The van der Waals surface area contributed by atoms with E-state index in [0.717, 1.165) is 23.0 Å². The number of rotatable bonds is 9.